The quantitative estimate of drug-likeness (QED) is 0.0694. The van der Waals surface area contributed by atoms with Gasteiger partial charge >= 0.3 is 0 Å². The van der Waals surface area contributed by atoms with E-state index in [0.717, 1.165) is 5.56 Å². The van der Waals surface area contributed by atoms with Crippen molar-refractivity contribution in [2.24, 2.45) is 0 Å². The largest absolute Gasteiger partial charge is 0.377 e. The fourth-order valence-electron chi connectivity index (χ4n) is 8.66. The third kappa shape index (κ3) is 10.1. The molecule has 0 radical (unpaired) electrons. The zero-order chi connectivity index (χ0) is 41.8. The number of hydrogen-bond acceptors (Lipinski definition) is 10. The molecule has 1 fully saturated rings. The fourth-order valence-corrected chi connectivity index (χ4v) is 8.66. The number of benzene rings is 8. The van der Waals surface area contributed by atoms with E-state index in [9.17, 15) is 0 Å². The lowest BCUT2D eigenvalue weighted by molar-refractivity contribution is -0.179. The van der Waals surface area contributed by atoms with Gasteiger partial charge < -0.3 is 47.4 Å². The van der Waals surface area contributed by atoms with Crippen LogP contribution in [0.2, 0.25) is 0 Å². The van der Waals surface area contributed by atoms with E-state index in [1.807, 2.05) is 0 Å². The lowest BCUT2D eigenvalue weighted by Gasteiger charge is -2.33. The molecule has 324 valence electrons. The first kappa shape index (κ1) is 42.7. The summed E-state index contributed by atoms with van der Waals surface area (Å²) in [5.74, 6) is 0. The summed E-state index contributed by atoms with van der Waals surface area (Å²) in [5.41, 5.74) is 1.44. The molecule has 1 aliphatic rings. The van der Waals surface area contributed by atoms with Gasteiger partial charge in [-0.3, -0.25) is 0 Å². The van der Waals surface area contributed by atoms with Gasteiger partial charge in [-0.05, 0) is 75.8 Å². The van der Waals surface area contributed by atoms with Crippen molar-refractivity contribution in [1.29, 1.82) is 0 Å². The maximum absolute atomic E-state index is 6.55. The van der Waals surface area contributed by atoms with Gasteiger partial charge in [-0.15, -0.1) is 0 Å². The van der Waals surface area contributed by atoms with Gasteiger partial charge in [0, 0.05) is 0 Å². The Labute approximate surface area is 362 Å². The molecular formula is C52H56O10. The van der Waals surface area contributed by atoms with E-state index in [0.29, 0.717) is 106 Å². The normalized spacial score (nSPS) is 16.5. The molecule has 0 bridgehead atoms. The minimum atomic E-state index is -0.888. The van der Waals surface area contributed by atoms with Gasteiger partial charge in [0.25, 0.3) is 0 Å². The summed E-state index contributed by atoms with van der Waals surface area (Å²) in [5, 5.41) is 15.2. The topological polar surface area (TPSA) is 92.3 Å². The van der Waals surface area contributed by atoms with Crippen LogP contribution in [-0.2, 0) is 60.6 Å². The van der Waals surface area contributed by atoms with Crippen molar-refractivity contribution in [3.8, 4) is 0 Å². The Morgan fingerprint density at radius 2 is 0.726 bits per heavy atom. The number of ether oxygens (including phenoxy) is 10. The van der Waals surface area contributed by atoms with E-state index in [4.69, 9.17) is 47.4 Å². The molecule has 10 heteroatoms. The predicted molar refractivity (Wildman–Crippen MR) is 244 cm³/mol. The lowest BCUT2D eigenvalue weighted by atomic mass is 9.92. The summed E-state index contributed by atoms with van der Waals surface area (Å²) in [6.07, 6.45) is 0. The highest BCUT2D eigenvalue weighted by Gasteiger charge is 2.33. The molecule has 0 aromatic heterocycles. The standard InChI is InChI=1S/C52H56O10/c1-3-38-7-9-42-11-13-44(46-17-15-40(5-1)48(38)50(42)46)33-57-26-23-56-31-32-62-52(35-59-28-24-54-21-19-53-20-22-55-25-29-60-36-52)37-61-30-27-58-34-45-14-12-43-10-8-39-4-2-6-41-16-18-47(45)51(43)49(39)41/h1-18H,19-37H2. The molecule has 0 atom stereocenters. The van der Waals surface area contributed by atoms with E-state index in [1.54, 1.807) is 0 Å². The zero-order valence-corrected chi connectivity index (χ0v) is 35.4. The second kappa shape index (κ2) is 21.2. The van der Waals surface area contributed by atoms with Gasteiger partial charge in [0.05, 0.1) is 126 Å². The third-order valence-corrected chi connectivity index (χ3v) is 11.7. The van der Waals surface area contributed by atoms with Crippen LogP contribution < -0.4 is 0 Å². The molecule has 8 aromatic rings. The van der Waals surface area contributed by atoms with E-state index in [1.165, 1.54) is 70.2 Å². The highest BCUT2D eigenvalue weighted by molar-refractivity contribution is 6.24. The highest BCUT2D eigenvalue weighted by atomic mass is 16.6. The molecule has 0 unspecified atom stereocenters. The average Bonchev–Trinajstić information content (AvgIpc) is 3.30. The molecule has 10 nitrogen and oxygen atoms in total. The molecule has 0 N–H and O–H groups in total. The average molecular weight is 841 g/mol. The summed E-state index contributed by atoms with van der Waals surface area (Å²) in [4.78, 5) is 0. The van der Waals surface area contributed by atoms with Gasteiger partial charge in [0.2, 0.25) is 0 Å². The molecule has 1 aliphatic heterocycles. The molecule has 0 amide bonds. The van der Waals surface area contributed by atoms with Crippen LogP contribution in [0.5, 0.6) is 0 Å². The van der Waals surface area contributed by atoms with Crippen molar-refractivity contribution >= 4 is 64.6 Å². The minimum absolute atomic E-state index is 0.243. The second-order valence-corrected chi connectivity index (χ2v) is 15.9. The Bertz CT molecular complexity index is 2580. The predicted octanol–water partition coefficient (Wildman–Crippen LogP) is 9.10. The van der Waals surface area contributed by atoms with Crippen molar-refractivity contribution in [1.82, 2.24) is 0 Å². The number of rotatable bonds is 16. The van der Waals surface area contributed by atoms with Crippen molar-refractivity contribution < 1.29 is 47.4 Å². The maximum atomic E-state index is 6.55. The van der Waals surface area contributed by atoms with Crippen LogP contribution in [-0.4, -0.2) is 118 Å². The van der Waals surface area contributed by atoms with E-state index >= 15 is 0 Å². The van der Waals surface area contributed by atoms with E-state index in [-0.39, 0.29) is 19.8 Å². The highest BCUT2D eigenvalue weighted by Crippen LogP contribution is 2.37. The molecule has 0 aliphatic carbocycles. The summed E-state index contributed by atoms with van der Waals surface area (Å²) in [6.45, 7) is 7.78. The van der Waals surface area contributed by atoms with E-state index in [2.05, 4.69) is 109 Å². The minimum Gasteiger partial charge on any atom is -0.377 e. The van der Waals surface area contributed by atoms with Gasteiger partial charge in [-0.25, -0.2) is 0 Å². The lowest BCUT2D eigenvalue weighted by Crippen LogP contribution is -2.48. The molecule has 1 heterocycles. The van der Waals surface area contributed by atoms with Crippen LogP contribution in [0.3, 0.4) is 0 Å². The third-order valence-electron chi connectivity index (χ3n) is 11.7. The van der Waals surface area contributed by atoms with Crippen LogP contribution in [0.25, 0.3) is 64.6 Å². The Hall–Kier alpha value is -4.56. The molecular weight excluding hydrogens is 785 g/mol. The van der Waals surface area contributed by atoms with Crippen molar-refractivity contribution in [3.63, 3.8) is 0 Å². The van der Waals surface area contributed by atoms with Gasteiger partial charge in [0.1, 0.15) is 5.60 Å². The maximum Gasteiger partial charge on any atom is 0.138 e. The SMILES string of the molecule is c1cc2ccc3ccc(COCCOCCOC4(COCCOCc5ccc6ccc7cccc8ccc5c6c78)COCCOCCOCCOCCOC4)c4ccc(c1)c2c34. The molecule has 0 spiro atoms. The first-order chi connectivity index (χ1) is 30.8. The molecule has 1 saturated heterocycles. The molecule has 0 saturated carbocycles. The van der Waals surface area contributed by atoms with Crippen LogP contribution >= 0.6 is 0 Å². The molecule has 9 rings (SSSR count). The fraction of sp³-hybridized carbons (Fsp3) is 0.385. The summed E-state index contributed by atoms with van der Waals surface area (Å²) in [6, 6.07) is 39.3. The smallest absolute Gasteiger partial charge is 0.138 e. The number of hydrogen-bond donors (Lipinski definition) is 0. The van der Waals surface area contributed by atoms with Gasteiger partial charge in [-0.1, -0.05) is 109 Å². The van der Waals surface area contributed by atoms with Crippen LogP contribution in [0.15, 0.2) is 109 Å². The summed E-state index contributed by atoms with van der Waals surface area (Å²) >= 11 is 0. The Balaban J connectivity index is 0.772. The van der Waals surface area contributed by atoms with Gasteiger partial charge in [0.15, 0.2) is 0 Å². The van der Waals surface area contributed by atoms with Crippen LogP contribution in [0, 0.1) is 0 Å². The molecule has 62 heavy (non-hydrogen) atoms. The van der Waals surface area contributed by atoms with Crippen molar-refractivity contribution in [3.05, 3.63) is 120 Å². The summed E-state index contributed by atoms with van der Waals surface area (Å²) < 4.78 is 60.4. The van der Waals surface area contributed by atoms with Gasteiger partial charge in [-0.2, -0.15) is 0 Å². The summed E-state index contributed by atoms with van der Waals surface area (Å²) in [7, 11) is 0. The zero-order valence-electron chi connectivity index (χ0n) is 35.4. The van der Waals surface area contributed by atoms with Crippen molar-refractivity contribution in [2.75, 3.05) is 112 Å². The Morgan fingerprint density at radius 1 is 0.355 bits per heavy atom. The Morgan fingerprint density at radius 3 is 1.21 bits per heavy atom. The van der Waals surface area contributed by atoms with E-state index < -0.39 is 5.60 Å². The van der Waals surface area contributed by atoms with Crippen LogP contribution in [0.1, 0.15) is 11.1 Å². The molecule has 8 aromatic carbocycles. The van der Waals surface area contributed by atoms with Crippen LogP contribution in [0.4, 0.5) is 0 Å². The first-order valence-electron chi connectivity index (χ1n) is 21.9. The Kier molecular flexibility index (Phi) is 14.6. The first-order valence-corrected chi connectivity index (χ1v) is 21.9. The monoisotopic (exact) mass is 840 g/mol. The van der Waals surface area contributed by atoms with Crippen molar-refractivity contribution in [2.45, 2.75) is 18.8 Å². The second-order valence-electron chi connectivity index (χ2n) is 15.9.